The van der Waals surface area contributed by atoms with Crippen LogP contribution in [0.4, 0.5) is 10.1 Å². The number of benzene rings is 2. The van der Waals surface area contributed by atoms with Crippen LogP contribution >= 0.6 is 0 Å². The van der Waals surface area contributed by atoms with Gasteiger partial charge < -0.3 is 16.0 Å². The smallest absolute Gasteiger partial charge is 0.244 e. The number of H-pyrrole nitrogens is 1. The summed E-state index contributed by atoms with van der Waals surface area (Å²) < 4.78 is 13.3. The molecule has 1 amide bonds. The number of aromatic amines is 1. The van der Waals surface area contributed by atoms with Gasteiger partial charge in [-0.3, -0.25) is 4.79 Å². The molecule has 0 aliphatic rings. The predicted octanol–water partition coefficient (Wildman–Crippen LogP) is 3.83. The predicted molar refractivity (Wildman–Crippen MR) is 97.6 cm³/mol. The van der Waals surface area contributed by atoms with Gasteiger partial charge in [-0.25, -0.2) is 9.37 Å². The standard InChI is InChI=1S/C19H21FN4O/c1-3-10-19(2,21)18(25)22-14-7-4-12(5-8-14)17-23-15-9-6-13(20)11-16(15)24-17/h4-9,11H,3,10,21H2,1-2H3,(H,22,25)(H,23,24). The first-order valence-electron chi connectivity index (χ1n) is 8.25. The fourth-order valence-electron chi connectivity index (χ4n) is 2.74. The Hall–Kier alpha value is -2.73. The molecule has 1 atom stereocenters. The summed E-state index contributed by atoms with van der Waals surface area (Å²) in [5.41, 5.74) is 8.01. The SMILES string of the molecule is CCCC(C)(N)C(=O)Nc1ccc(-c2nc3ccc(F)cc3[nH]2)cc1. The topological polar surface area (TPSA) is 83.8 Å². The molecule has 0 saturated carbocycles. The molecule has 25 heavy (non-hydrogen) atoms. The molecule has 0 radical (unpaired) electrons. The van der Waals surface area contributed by atoms with E-state index in [2.05, 4.69) is 15.3 Å². The van der Waals surface area contributed by atoms with Crippen LogP contribution in [-0.4, -0.2) is 21.4 Å². The van der Waals surface area contributed by atoms with Crippen molar-refractivity contribution in [3.63, 3.8) is 0 Å². The summed E-state index contributed by atoms with van der Waals surface area (Å²) >= 11 is 0. The van der Waals surface area contributed by atoms with E-state index in [1.165, 1.54) is 12.1 Å². The van der Waals surface area contributed by atoms with E-state index >= 15 is 0 Å². The summed E-state index contributed by atoms with van der Waals surface area (Å²) in [5.74, 6) is 0.132. The number of imidazole rings is 1. The summed E-state index contributed by atoms with van der Waals surface area (Å²) in [7, 11) is 0. The molecule has 0 bridgehead atoms. The molecule has 0 fully saturated rings. The molecule has 3 aromatic rings. The number of halogens is 1. The van der Waals surface area contributed by atoms with Crippen molar-refractivity contribution in [2.75, 3.05) is 5.32 Å². The third-order valence-corrected chi connectivity index (χ3v) is 4.15. The number of carbonyl (C=O) groups is 1. The minimum atomic E-state index is -0.893. The van der Waals surface area contributed by atoms with Gasteiger partial charge in [0.15, 0.2) is 0 Å². The summed E-state index contributed by atoms with van der Waals surface area (Å²) in [5, 5.41) is 2.84. The first-order chi connectivity index (χ1) is 11.9. The number of anilines is 1. The highest BCUT2D eigenvalue weighted by Crippen LogP contribution is 2.23. The molecular weight excluding hydrogens is 319 g/mol. The van der Waals surface area contributed by atoms with E-state index in [0.717, 1.165) is 12.0 Å². The summed E-state index contributed by atoms with van der Waals surface area (Å²) in [4.78, 5) is 19.8. The fourth-order valence-corrected chi connectivity index (χ4v) is 2.74. The lowest BCUT2D eigenvalue weighted by molar-refractivity contribution is -0.120. The second-order valence-electron chi connectivity index (χ2n) is 6.45. The van der Waals surface area contributed by atoms with E-state index in [9.17, 15) is 9.18 Å². The second-order valence-corrected chi connectivity index (χ2v) is 6.45. The molecule has 2 aromatic carbocycles. The minimum Gasteiger partial charge on any atom is -0.338 e. The molecule has 5 nitrogen and oxygen atoms in total. The number of amides is 1. The molecule has 0 aliphatic carbocycles. The molecule has 130 valence electrons. The first-order valence-corrected chi connectivity index (χ1v) is 8.25. The highest BCUT2D eigenvalue weighted by molar-refractivity contribution is 5.97. The van der Waals surface area contributed by atoms with Crippen LogP contribution in [0, 0.1) is 5.82 Å². The van der Waals surface area contributed by atoms with Crippen LogP contribution in [0.3, 0.4) is 0 Å². The van der Waals surface area contributed by atoms with Crippen LogP contribution in [0.25, 0.3) is 22.4 Å². The quantitative estimate of drug-likeness (QED) is 0.660. The van der Waals surface area contributed by atoms with Gasteiger partial charge in [0.25, 0.3) is 0 Å². The zero-order valence-electron chi connectivity index (χ0n) is 14.3. The Morgan fingerprint density at radius 2 is 2.00 bits per heavy atom. The number of nitrogens with zero attached hydrogens (tertiary/aromatic N) is 1. The number of rotatable bonds is 5. The zero-order chi connectivity index (χ0) is 18.0. The van der Waals surface area contributed by atoms with E-state index < -0.39 is 5.54 Å². The molecule has 3 rings (SSSR count). The van der Waals surface area contributed by atoms with Gasteiger partial charge in [-0.2, -0.15) is 0 Å². The highest BCUT2D eigenvalue weighted by atomic mass is 19.1. The molecule has 4 N–H and O–H groups in total. The van der Waals surface area contributed by atoms with E-state index in [0.29, 0.717) is 29.0 Å². The Bertz CT molecular complexity index is 899. The lowest BCUT2D eigenvalue weighted by atomic mass is 9.96. The monoisotopic (exact) mass is 340 g/mol. The van der Waals surface area contributed by atoms with Crippen molar-refractivity contribution in [2.24, 2.45) is 5.73 Å². The van der Waals surface area contributed by atoms with Crippen LogP contribution in [0.2, 0.25) is 0 Å². The Kier molecular flexibility index (Phi) is 4.55. The van der Waals surface area contributed by atoms with E-state index in [4.69, 9.17) is 5.73 Å². The van der Waals surface area contributed by atoms with Crippen molar-refractivity contribution >= 4 is 22.6 Å². The largest absolute Gasteiger partial charge is 0.338 e. The van der Waals surface area contributed by atoms with Gasteiger partial charge in [0.05, 0.1) is 16.6 Å². The van der Waals surface area contributed by atoms with Crippen LogP contribution in [0.15, 0.2) is 42.5 Å². The normalized spacial score (nSPS) is 13.6. The van der Waals surface area contributed by atoms with Crippen LogP contribution in [0.1, 0.15) is 26.7 Å². The Labute approximate surface area is 145 Å². The minimum absolute atomic E-state index is 0.207. The Balaban J connectivity index is 1.78. The molecule has 0 saturated heterocycles. The number of carbonyl (C=O) groups excluding carboxylic acids is 1. The number of hydrogen-bond acceptors (Lipinski definition) is 3. The second kappa shape index (κ2) is 6.64. The lowest BCUT2D eigenvalue weighted by Crippen LogP contribution is -2.48. The summed E-state index contributed by atoms with van der Waals surface area (Å²) in [6.45, 7) is 3.72. The number of aromatic nitrogens is 2. The van der Waals surface area contributed by atoms with Crippen molar-refractivity contribution in [3.05, 3.63) is 48.3 Å². The van der Waals surface area contributed by atoms with Gasteiger partial charge in [-0.05, 0) is 55.8 Å². The highest BCUT2D eigenvalue weighted by Gasteiger charge is 2.27. The van der Waals surface area contributed by atoms with Crippen LogP contribution in [0.5, 0.6) is 0 Å². The molecule has 1 unspecified atom stereocenters. The third kappa shape index (κ3) is 3.69. The summed E-state index contributed by atoms with van der Waals surface area (Å²) in [6, 6.07) is 11.7. The molecule has 1 aromatic heterocycles. The van der Waals surface area contributed by atoms with Gasteiger partial charge in [0.1, 0.15) is 11.6 Å². The average molecular weight is 340 g/mol. The first kappa shape index (κ1) is 17.1. The van der Waals surface area contributed by atoms with Crippen molar-refractivity contribution < 1.29 is 9.18 Å². The molecule has 6 heteroatoms. The Morgan fingerprint density at radius 3 is 2.68 bits per heavy atom. The van der Waals surface area contributed by atoms with Crippen molar-refractivity contribution in [1.29, 1.82) is 0 Å². The molecule has 0 aliphatic heterocycles. The molecule has 0 spiro atoms. The number of nitrogens with two attached hydrogens (primary N) is 1. The van der Waals surface area contributed by atoms with Crippen molar-refractivity contribution in [1.82, 2.24) is 9.97 Å². The van der Waals surface area contributed by atoms with Gasteiger partial charge in [0, 0.05) is 11.3 Å². The Morgan fingerprint density at radius 1 is 1.28 bits per heavy atom. The van der Waals surface area contributed by atoms with Crippen molar-refractivity contribution in [2.45, 2.75) is 32.2 Å². The molecule has 1 heterocycles. The number of fused-ring (bicyclic) bond motifs is 1. The summed E-state index contributed by atoms with van der Waals surface area (Å²) in [6.07, 6.45) is 1.46. The van der Waals surface area contributed by atoms with Gasteiger partial charge in [0.2, 0.25) is 5.91 Å². The molecular formula is C19H21FN4O. The number of nitrogens with one attached hydrogen (secondary N) is 2. The van der Waals surface area contributed by atoms with Crippen LogP contribution < -0.4 is 11.1 Å². The maximum Gasteiger partial charge on any atom is 0.244 e. The zero-order valence-corrected chi connectivity index (χ0v) is 14.3. The maximum absolute atomic E-state index is 13.3. The van der Waals surface area contributed by atoms with Gasteiger partial charge >= 0.3 is 0 Å². The van der Waals surface area contributed by atoms with E-state index in [-0.39, 0.29) is 11.7 Å². The lowest BCUT2D eigenvalue weighted by Gasteiger charge is -2.22. The fraction of sp³-hybridized carbons (Fsp3) is 0.263. The van der Waals surface area contributed by atoms with Gasteiger partial charge in [-0.1, -0.05) is 13.3 Å². The van der Waals surface area contributed by atoms with Crippen molar-refractivity contribution in [3.8, 4) is 11.4 Å². The van der Waals surface area contributed by atoms with Crippen LogP contribution in [-0.2, 0) is 4.79 Å². The third-order valence-electron chi connectivity index (χ3n) is 4.15. The van der Waals surface area contributed by atoms with E-state index in [1.54, 1.807) is 25.1 Å². The van der Waals surface area contributed by atoms with E-state index in [1.807, 2.05) is 19.1 Å². The average Bonchev–Trinajstić information content (AvgIpc) is 2.98. The number of hydrogen-bond donors (Lipinski definition) is 3. The van der Waals surface area contributed by atoms with Gasteiger partial charge in [-0.15, -0.1) is 0 Å². The maximum atomic E-state index is 13.3.